The predicted molar refractivity (Wildman–Crippen MR) is 74.5 cm³/mol. The molecule has 1 unspecified atom stereocenters. The summed E-state index contributed by atoms with van der Waals surface area (Å²) in [6, 6.07) is 11.2. The molecule has 4 heteroatoms. The molecule has 1 amide bonds. The van der Waals surface area contributed by atoms with Crippen molar-refractivity contribution in [2.75, 3.05) is 18.4 Å². The van der Waals surface area contributed by atoms with Crippen LogP contribution in [0.3, 0.4) is 0 Å². The summed E-state index contributed by atoms with van der Waals surface area (Å²) in [5.74, 6) is 0.0784. The minimum absolute atomic E-state index is 0.0784. The van der Waals surface area contributed by atoms with Crippen molar-refractivity contribution in [2.24, 2.45) is 0 Å². The van der Waals surface area contributed by atoms with Gasteiger partial charge in [0.2, 0.25) is 5.91 Å². The van der Waals surface area contributed by atoms with Crippen LogP contribution in [0.15, 0.2) is 30.3 Å². The number of carbonyl (C=O) groups is 1. The normalized spacial score (nSPS) is 16.5. The van der Waals surface area contributed by atoms with Crippen LogP contribution >= 0.6 is 0 Å². The average molecular weight is 257 g/mol. The Morgan fingerprint density at radius 2 is 1.95 bits per heavy atom. The SMILES string of the molecule is N#CC(CC(=O)N1CCCCC1)Nc1ccccc1. The highest BCUT2D eigenvalue weighted by atomic mass is 16.2. The number of rotatable bonds is 4. The predicted octanol–water partition coefficient (Wildman–Crippen LogP) is 2.39. The Kier molecular flexibility index (Phi) is 4.79. The number of hydrogen-bond acceptors (Lipinski definition) is 3. The Bertz CT molecular complexity index is 446. The number of likely N-dealkylation sites (tertiary alicyclic amines) is 1. The van der Waals surface area contributed by atoms with Crippen LogP contribution in [0.2, 0.25) is 0 Å². The summed E-state index contributed by atoms with van der Waals surface area (Å²) in [6.07, 6.45) is 3.60. The van der Waals surface area contributed by atoms with Crippen LogP contribution in [0.25, 0.3) is 0 Å². The lowest BCUT2D eigenvalue weighted by Gasteiger charge is -2.27. The van der Waals surface area contributed by atoms with Gasteiger partial charge in [0, 0.05) is 18.8 Å². The average Bonchev–Trinajstić information content (AvgIpc) is 2.48. The van der Waals surface area contributed by atoms with Gasteiger partial charge in [-0.1, -0.05) is 18.2 Å². The lowest BCUT2D eigenvalue weighted by atomic mass is 10.1. The minimum atomic E-state index is -0.461. The van der Waals surface area contributed by atoms with E-state index in [0.717, 1.165) is 31.6 Å². The number of para-hydroxylation sites is 1. The third-order valence-electron chi connectivity index (χ3n) is 3.36. The molecule has 4 nitrogen and oxygen atoms in total. The highest BCUT2D eigenvalue weighted by molar-refractivity contribution is 5.78. The van der Waals surface area contributed by atoms with Crippen molar-refractivity contribution in [1.29, 1.82) is 5.26 Å². The van der Waals surface area contributed by atoms with E-state index in [0.29, 0.717) is 0 Å². The lowest BCUT2D eigenvalue weighted by Crippen LogP contribution is -2.38. The Labute approximate surface area is 114 Å². The van der Waals surface area contributed by atoms with Crippen molar-refractivity contribution in [3.63, 3.8) is 0 Å². The quantitative estimate of drug-likeness (QED) is 0.901. The maximum absolute atomic E-state index is 12.1. The second kappa shape index (κ2) is 6.79. The first kappa shape index (κ1) is 13.4. The van der Waals surface area contributed by atoms with Crippen LogP contribution in [0.5, 0.6) is 0 Å². The van der Waals surface area contributed by atoms with Crippen molar-refractivity contribution in [3.05, 3.63) is 30.3 Å². The van der Waals surface area contributed by atoms with Gasteiger partial charge in [-0.05, 0) is 31.4 Å². The molecule has 100 valence electrons. The maximum Gasteiger partial charge on any atom is 0.225 e. The van der Waals surface area contributed by atoms with Crippen LogP contribution in [0.4, 0.5) is 5.69 Å². The molecule has 1 N–H and O–H groups in total. The van der Waals surface area contributed by atoms with Gasteiger partial charge in [-0.3, -0.25) is 4.79 Å². The van der Waals surface area contributed by atoms with E-state index in [4.69, 9.17) is 5.26 Å². The molecule has 0 saturated carbocycles. The molecule has 1 aromatic rings. The highest BCUT2D eigenvalue weighted by Gasteiger charge is 2.20. The number of hydrogen-bond donors (Lipinski definition) is 1. The maximum atomic E-state index is 12.1. The van der Waals surface area contributed by atoms with Gasteiger partial charge in [0.25, 0.3) is 0 Å². The molecule has 19 heavy (non-hydrogen) atoms. The highest BCUT2D eigenvalue weighted by Crippen LogP contribution is 2.13. The molecular weight excluding hydrogens is 238 g/mol. The first-order valence-electron chi connectivity index (χ1n) is 6.78. The Morgan fingerprint density at radius 3 is 2.58 bits per heavy atom. The molecule has 1 aliphatic rings. The molecule has 0 spiro atoms. The Balaban J connectivity index is 1.88. The van der Waals surface area contributed by atoms with E-state index in [-0.39, 0.29) is 12.3 Å². The summed E-state index contributed by atoms with van der Waals surface area (Å²) in [6.45, 7) is 1.67. The van der Waals surface area contributed by atoms with Gasteiger partial charge >= 0.3 is 0 Å². The number of piperidine rings is 1. The molecule has 0 radical (unpaired) electrons. The molecule has 0 aromatic heterocycles. The van der Waals surface area contributed by atoms with E-state index in [2.05, 4.69) is 11.4 Å². The van der Waals surface area contributed by atoms with Crippen molar-refractivity contribution in [1.82, 2.24) is 4.90 Å². The first-order chi connectivity index (χ1) is 9.29. The van der Waals surface area contributed by atoms with Crippen molar-refractivity contribution in [3.8, 4) is 6.07 Å². The van der Waals surface area contributed by atoms with Crippen molar-refractivity contribution >= 4 is 11.6 Å². The van der Waals surface area contributed by atoms with E-state index in [1.165, 1.54) is 6.42 Å². The zero-order chi connectivity index (χ0) is 13.5. The fourth-order valence-corrected chi connectivity index (χ4v) is 2.31. The summed E-state index contributed by atoms with van der Waals surface area (Å²) >= 11 is 0. The second-order valence-electron chi connectivity index (χ2n) is 4.84. The van der Waals surface area contributed by atoms with Gasteiger partial charge in [0.05, 0.1) is 12.5 Å². The van der Waals surface area contributed by atoms with Gasteiger partial charge in [0.15, 0.2) is 0 Å². The van der Waals surface area contributed by atoms with Crippen LogP contribution in [-0.2, 0) is 4.79 Å². The summed E-state index contributed by atoms with van der Waals surface area (Å²) < 4.78 is 0. The molecule has 1 heterocycles. The fourth-order valence-electron chi connectivity index (χ4n) is 2.31. The van der Waals surface area contributed by atoms with Gasteiger partial charge in [-0.25, -0.2) is 0 Å². The first-order valence-corrected chi connectivity index (χ1v) is 6.78. The van der Waals surface area contributed by atoms with Crippen LogP contribution < -0.4 is 5.32 Å². The largest absolute Gasteiger partial charge is 0.369 e. The van der Waals surface area contributed by atoms with Crippen molar-refractivity contribution < 1.29 is 4.79 Å². The molecule has 1 fully saturated rings. The van der Waals surface area contributed by atoms with E-state index >= 15 is 0 Å². The van der Waals surface area contributed by atoms with E-state index in [9.17, 15) is 4.79 Å². The zero-order valence-corrected chi connectivity index (χ0v) is 11.0. The molecule has 0 bridgehead atoms. The number of benzene rings is 1. The van der Waals surface area contributed by atoms with E-state index in [1.54, 1.807) is 0 Å². The zero-order valence-electron chi connectivity index (χ0n) is 11.0. The van der Waals surface area contributed by atoms with Gasteiger partial charge in [0.1, 0.15) is 6.04 Å². The topological polar surface area (TPSA) is 56.1 Å². The summed E-state index contributed by atoms with van der Waals surface area (Å²) in [5, 5.41) is 12.2. The summed E-state index contributed by atoms with van der Waals surface area (Å²) in [5.41, 5.74) is 0.875. The third kappa shape index (κ3) is 3.99. The molecule has 1 aromatic carbocycles. The monoisotopic (exact) mass is 257 g/mol. The van der Waals surface area contributed by atoms with Crippen molar-refractivity contribution in [2.45, 2.75) is 31.7 Å². The second-order valence-corrected chi connectivity index (χ2v) is 4.84. The number of nitriles is 1. The minimum Gasteiger partial charge on any atom is -0.369 e. The van der Waals surface area contributed by atoms with Crippen LogP contribution in [0, 0.1) is 11.3 Å². The summed E-state index contributed by atoms with van der Waals surface area (Å²) in [4.78, 5) is 14.0. The molecule has 0 aliphatic carbocycles. The Hall–Kier alpha value is -2.02. The number of anilines is 1. The Morgan fingerprint density at radius 1 is 1.26 bits per heavy atom. The number of amides is 1. The molecular formula is C15H19N3O. The number of nitrogens with zero attached hydrogens (tertiary/aromatic N) is 2. The van der Waals surface area contributed by atoms with Gasteiger partial charge in [-0.2, -0.15) is 5.26 Å². The lowest BCUT2D eigenvalue weighted by molar-refractivity contribution is -0.132. The molecule has 2 rings (SSSR count). The van der Waals surface area contributed by atoms with Crippen LogP contribution in [0.1, 0.15) is 25.7 Å². The smallest absolute Gasteiger partial charge is 0.225 e. The van der Waals surface area contributed by atoms with Crippen LogP contribution in [-0.4, -0.2) is 29.9 Å². The van der Waals surface area contributed by atoms with E-state index in [1.807, 2.05) is 35.2 Å². The van der Waals surface area contributed by atoms with E-state index < -0.39 is 6.04 Å². The number of nitrogens with one attached hydrogen (secondary N) is 1. The fraction of sp³-hybridized carbons (Fsp3) is 0.467. The third-order valence-corrected chi connectivity index (χ3v) is 3.36. The number of carbonyl (C=O) groups excluding carboxylic acids is 1. The van der Waals surface area contributed by atoms with Gasteiger partial charge in [-0.15, -0.1) is 0 Å². The summed E-state index contributed by atoms with van der Waals surface area (Å²) in [7, 11) is 0. The molecule has 1 atom stereocenters. The van der Waals surface area contributed by atoms with Gasteiger partial charge < -0.3 is 10.2 Å². The molecule has 1 saturated heterocycles. The standard InChI is InChI=1S/C15H19N3O/c16-12-14(17-13-7-3-1-4-8-13)11-15(19)18-9-5-2-6-10-18/h1,3-4,7-8,14,17H,2,5-6,9-11H2. The molecule has 1 aliphatic heterocycles.